The largest absolute Gasteiger partial charge is 0.440 e. The van der Waals surface area contributed by atoms with Gasteiger partial charge in [-0.2, -0.15) is 5.26 Å². The summed E-state index contributed by atoms with van der Waals surface area (Å²) in [5, 5.41) is 12.5. The molecule has 0 bridgehead atoms. The highest BCUT2D eigenvalue weighted by atomic mass is 16.5. The number of carbonyl (C=O) groups is 1. The molecule has 1 aromatic carbocycles. The van der Waals surface area contributed by atoms with Crippen molar-refractivity contribution in [2.24, 2.45) is 5.73 Å². The molecule has 1 unspecified atom stereocenters. The molecule has 1 aromatic heterocycles. The Hall–Kier alpha value is -3.53. The number of aryl methyl sites for hydroxylation is 2. The lowest BCUT2D eigenvalue weighted by Crippen LogP contribution is -2.45. The fraction of sp³-hybridized carbons (Fsp3) is 0.167. The van der Waals surface area contributed by atoms with Crippen LogP contribution in [0, 0.1) is 25.2 Å². The first-order valence-electron chi connectivity index (χ1n) is 7.56. The van der Waals surface area contributed by atoms with Crippen LogP contribution in [-0.2, 0) is 10.2 Å². The van der Waals surface area contributed by atoms with Gasteiger partial charge in [0.15, 0.2) is 5.41 Å². The summed E-state index contributed by atoms with van der Waals surface area (Å²) in [5.74, 6) is -0.300. The number of amides is 1. The molecule has 2 aromatic rings. The van der Waals surface area contributed by atoms with E-state index >= 15 is 0 Å². The summed E-state index contributed by atoms with van der Waals surface area (Å²) in [6.45, 7) is 3.42. The van der Waals surface area contributed by atoms with Gasteiger partial charge in [-0.1, -0.05) is 18.2 Å². The third-order valence-corrected chi connectivity index (χ3v) is 4.62. The molecule has 3 heterocycles. The van der Waals surface area contributed by atoms with Crippen LogP contribution in [0.1, 0.15) is 22.5 Å². The molecule has 7 heteroatoms. The van der Waals surface area contributed by atoms with Gasteiger partial charge in [0.1, 0.15) is 28.7 Å². The molecule has 0 saturated carbocycles. The summed E-state index contributed by atoms with van der Waals surface area (Å²) in [4.78, 5) is 25.7. The molecule has 4 rings (SSSR count). The minimum atomic E-state index is -1.68. The van der Waals surface area contributed by atoms with Crippen LogP contribution in [0.3, 0.4) is 0 Å². The Morgan fingerprint density at radius 3 is 2.76 bits per heavy atom. The summed E-state index contributed by atoms with van der Waals surface area (Å²) in [5.41, 5.74) is 5.21. The molecule has 7 nitrogen and oxygen atoms in total. The van der Waals surface area contributed by atoms with E-state index in [4.69, 9.17) is 14.9 Å². The lowest BCUT2D eigenvalue weighted by atomic mass is 9.69. The van der Waals surface area contributed by atoms with Crippen molar-refractivity contribution in [3.8, 4) is 11.8 Å². The van der Waals surface area contributed by atoms with Gasteiger partial charge in [0.2, 0.25) is 11.8 Å². The van der Waals surface area contributed by atoms with Gasteiger partial charge in [-0.15, -0.1) is 0 Å². The number of hydrogen-bond acceptors (Lipinski definition) is 6. The molecule has 25 heavy (non-hydrogen) atoms. The molecule has 1 amide bonds. The number of anilines is 1. The highest BCUT2D eigenvalue weighted by Gasteiger charge is 2.58. The third-order valence-electron chi connectivity index (χ3n) is 4.62. The van der Waals surface area contributed by atoms with E-state index in [1.807, 2.05) is 19.1 Å². The maximum absolute atomic E-state index is 13.1. The van der Waals surface area contributed by atoms with Crippen LogP contribution in [0.5, 0.6) is 5.75 Å². The van der Waals surface area contributed by atoms with Gasteiger partial charge in [-0.25, -0.2) is 4.79 Å². The Morgan fingerprint density at radius 2 is 2.04 bits per heavy atom. The van der Waals surface area contributed by atoms with E-state index in [1.165, 1.54) is 6.07 Å². The van der Waals surface area contributed by atoms with Crippen molar-refractivity contribution in [2.75, 3.05) is 5.32 Å². The van der Waals surface area contributed by atoms with Gasteiger partial charge < -0.3 is 20.2 Å². The zero-order chi connectivity index (χ0) is 17.9. The van der Waals surface area contributed by atoms with Crippen molar-refractivity contribution in [2.45, 2.75) is 19.3 Å². The number of carbonyl (C=O) groups excluding carboxylic acids is 1. The summed E-state index contributed by atoms with van der Waals surface area (Å²) in [7, 11) is 0. The van der Waals surface area contributed by atoms with Crippen LogP contribution in [0.15, 0.2) is 44.9 Å². The number of nitriles is 1. The number of nitrogens with zero attached hydrogens (tertiary/aromatic N) is 1. The average Bonchev–Trinajstić information content (AvgIpc) is 2.82. The predicted molar refractivity (Wildman–Crippen MR) is 87.8 cm³/mol. The first-order chi connectivity index (χ1) is 11.9. The molecule has 124 valence electrons. The normalized spacial score (nSPS) is 20.6. The van der Waals surface area contributed by atoms with Crippen LogP contribution in [-0.4, -0.2) is 5.91 Å². The van der Waals surface area contributed by atoms with Gasteiger partial charge >= 0.3 is 5.63 Å². The van der Waals surface area contributed by atoms with Gasteiger partial charge in [0.25, 0.3) is 0 Å². The van der Waals surface area contributed by atoms with Crippen LogP contribution >= 0.6 is 0 Å². The highest BCUT2D eigenvalue weighted by molar-refractivity contribution is 6.13. The number of fused-ring (bicyclic) bond motifs is 4. The lowest BCUT2D eigenvalue weighted by Gasteiger charge is -2.32. The first-order valence-corrected chi connectivity index (χ1v) is 7.56. The number of nitrogens with two attached hydrogens (primary N) is 1. The Morgan fingerprint density at radius 1 is 1.28 bits per heavy atom. The van der Waals surface area contributed by atoms with Gasteiger partial charge in [-0.3, -0.25) is 4.79 Å². The molecule has 2 aliphatic rings. The van der Waals surface area contributed by atoms with Crippen LogP contribution in [0.25, 0.3) is 0 Å². The Kier molecular flexibility index (Phi) is 2.85. The zero-order valence-corrected chi connectivity index (χ0v) is 13.5. The Labute approximate surface area is 142 Å². The fourth-order valence-electron chi connectivity index (χ4n) is 3.59. The van der Waals surface area contributed by atoms with Crippen LogP contribution < -0.4 is 21.4 Å². The second-order valence-corrected chi connectivity index (χ2v) is 6.04. The van der Waals surface area contributed by atoms with Crippen molar-refractivity contribution < 1.29 is 13.9 Å². The number of nitrogens with one attached hydrogen (secondary N) is 1. The maximum Gasteiger partial charge on any atom is 0.344 e. The molecule has 1 atom stereocenters. The summed E-state index contributed by atoms with van der Waals surface area (Å²) >= 11 is 0. The Balaban J connectivity index is 2.23. The minimum absolute atomic E-state index is 0.0364. The molecular formula is C18H13N3O4. The maximum atomic E-state index is 13.1. The van der Waals surface area contributed by atoms with Crippen molar-refractivity contribution in [3.63, 3.8) is 0 Å². The number of para-hydroxylation sites is 1. The summed E-state index contributed by atoms with van der Waals surface area (Å²) in [6, 6.07) is 8.71. The number of hydrogen-bond donors (Lipinski definition) is 2. The van der Waals surface area contributed by atoms with E-state index in [0.717, 1.165) is 5.56 Å². The molecule has 2 aliphatic heterocycles. The summed E-state index contributed by atoms with van der Waals surface area (Å²) < 4.78 is 10.7. The first kappa shape index (κ1) is 15.0. The van der Waals surface area contributed by atoms with E-state index < -0.39 is 16.9 Å². The van der Waals surface area contributed by atoms with E-state index in [2.05, 4.69) is 5.32 Å². The van der Waals surface area contributed by atoms with E-state index in [1.54, 1.807) is 19.1 Å². The van der Waals surface area contributed by atoms with E-state index in [9.17, 15) is 14.9 Å². The van der Waals surface area contributed by atoms with Crippen LogP contribution in [0.2, 0.25) is 0 Å². The second-order valence-electron chi connectivity index (χ2n) is 6.04. The van der Waals surface area contributed by atoms with Gasteiger partial charge in [0, 0.05) is 17.3 Å². The smallest absolute Gasteiger partial charge is 0.344 e. The van der Waals surface area contributed by atoms with Gasteiger partial charge in [0.05, 0.1) is 0 Å². The topological polar surface area (TPSA) is 118 Å². The van der Waals surface area contributed by atoms with E-state index in [0.29, 0.717) is 17.0 Å². The van der Waals surface area contributed by atoms with Crippen LogP contribution in [0.4, 0.5) is 5.69 Å². The van der Waals surface area contributed by atoms with Crippen molar-refractivity contribution in [1.82, 2.24) is 0 Å². The second kappa shape index (κ2) is 4.74. The fourth-order valence-corrected chi connectivity index (χ4v) is 3.59. The average molecular weight is 335 g/mol. The van der Waals surface area contributed by atoms with Crippen molar-refractivity contribution in [1.29, 1.82) is 5.26 Å². The van der Waals surface area contributed by atoms with E-state index in [-0.39, 0.29) is 22.8 Å². The zero-order valence-electron chi connectivity index (χ0n) is 13.5. The summed E-state index contributed by atoms with van der Waals surface area (Å²) in [6.07, 6.45) is 0. The predicted octanol–water partition coefficient (Wildman–Crippen LogP) is 1.58. The standard InChI is InChI=1S/C18H13N3O4/c1-8-4-3-5-10-14(8)21-17(23)18(10)11(7-19)15(20)25-12-6-9(2)24-16(22)13(12)18/h3-6H,20H2,1-2H3,(H,21,23). The lowest BCUT2D eigenvalue weighted by molar-refractivity contribution is -0.118. The molecule has 0 radical (unpaired) electrons. The molecule has 3 N–H and O–H groups in total. The van der Waals surface area contributed by atoms with Gasteiger partial charge in [-0.05, 0) is 19.4 Å². The monoisotopic (exact) mass is 335 g/mol. The molecule has 0 saturated heterocycles. The van der Waals surface area contributed by atoms with Crippen molar-refractivity contribution in [3.05, 3.63) is 68.6 Å². The number of ether oxygens (including phenoxy) is 1. The molecule has 0 aliphatic carbocycles. The Bertz CT molecular complexity index is 1090. The quantitative estimate of drug-likeness (QED) is 0.754. The minimum Gasteiger partial charge on any atom is -0.440 e. The van der Waals surface area contributed by atoms with Crippen molar-refractivity contribution >= 4 is 11.6 Å². The molecular weight excluding hydrogens is 322 g/mol. The number of benzene rings is 1. The highest BCUT2D eigenvalue weighted by Crippen LogP contribution is 2.52. The SMILES string of the molecule is Cc1cc2c(c(=O)o1)C1(C(=O)Nc3c(C)cccc31)C(C#N)=C(N)O2. The molecule has 0 fully saturated rings. The molecule has 1 spiro atoms. The third kappa shape index (κ3) is 1.68. The number of rotatable bonds is 0.